The normalized spacial score (nSPS) is 29.0. The first-order chi connectivity index (χ1) is 20.5. The van der Waals surface area contributed by atoms with Crippen molar-refractivity contribution in [2.75, 3.05) is 39.4 Å². The van der Waals surface area contributed by atoms with Gasteiger partial charge in [-0.25, -0.2) is 4.39 Å². The smallest absolute Gasteiger partial charge is 0.158 e. The molecule has 1 aliphatic carbocycles. The average Bonchev–Trinajstić information content (AvgIpc) is 3.43. The molecule has 5 aliphatic rings. The molecule has 4 bridgehead atoms. The van der Waals surface area contributed by atoms with Crippen LogP contribution in [-0.2, 0) is 4.74 Å². The zero-order chi connectivity index (χ0) is 28.8. The number of phenolic OH excluding ortho intramolecular Hbond substituents is 1. The molecule has 2 aromatic carbocycles. The fraction of sp³-hybridized carbons (Fsp3) is 0.485. The van der Waals surface area contributed by atoms with E-state index in [2.05, 4.69) is 20.4 Å². The molecule has 0 saturated carbocycles. The highest BCUT2D eigenvalue weighted by molar-refractivity contribution is 6.41. The summed E-state index contributed by atoms with van der Waals surface area (Å²) in [6.07, 6.45) is 8.52. The van der Waals surface area contributed by atoms with Crippen molar-refractivity contribution < 1.29 is 14.2 Å². The predicted octanol–water partition coefficient (Wildman–Crippen LogP) is 5.26. The number of halogens is 2. The summed E-state index contributed by atoms with van der Waals surface area (Å²) in [6, 6.07) is 12.6. The lowest BCUT2D eigenvalue weighted by molar-refractivity contribution is -0.0149. The Labute approximate surface area is 251 Å². The largest absolute Gasteiger partial charge is 0.508 e. The highest BCUT2D eigenvalue weighted by atomic mass is 35.5. The molecule has 42 heavy (non-hydrogen) atoms. The number of likely N-dealkylation sites (tertiary alicyclic amines) is 1. The van der Waals surface area contributed by atoms with Crippen molar-refractivity contribution in [3.8, 4) is 5.75 Å². The molecule has 4 saturated heterocycles. The van der Waals surface area contributed by atoms with Gasteiger partial charge in [-0.15, -0.1) is 0 Å². The number of rotatable bonds is 8. The molecule has 4 N–H and O–H groups in total. The Morgan fingerprint density at radius 2 is 1.81 bits per heavy atom. The summed E-state index contributed by atoms with van der Waals surface area (Å²) in [5, 5.41) is 28.5. The van der Waals surface area contributed by atoms with Crippen LogP contribution >= 0.6 is 11.6 Å². The molecule has 4 heterocycles. The van der Waals surface area contributed by atoms with Crippen LogP contribution in [0, 0.1) is 5.41 Å². The highest BCUT2D eigenvalue weighted by Gasteiger charge is 2.37. The van der Waals surface area contributed by atoms with E-state index < -0.39 is 5.83 Å². The van der Waals surface area contributed by atoms with E-state index in [1.54, 1.807) is 12.1 Å². The van der Waals surface area contributed by atoms with E-state index in [1.807, 2.05) is 24.3 Å². The van der Waals surface area contributed by atoms with Crippen molar-refractivity contribution in [2.45, 2.75) is 62.7 Å². The number of benzene rings is 2. The highest BCUT2D eigenvalue weighted by Crippen LogP contribution is 2.42. The lowest BCUT2D eigenvalue weighted by Gasteiger charge is -2.38. The number of aromatic hydroxyl groups is 1. The maximum Gasteiger partial charge on any atom is 0.158 e. The summed E-state index contributed by atoms with van der Waals surface area (Å²) < 4.78 is 22.0. The first-order valence-corrected chi connectivity index (χ1v) is 15.8. The Morgan fingerprint density at radius 3 is 2.57 bits per heavy atom. The molecule has 9 heteroatoms. The number of nitrogens with zero attached hydrogens (tertiary/aromatic N) is 2. The average molecular weight is 592 g/mol. The van der Waals surface area contributed by atoms with Gasteiger partial charge in [-0.3, -0.25) is 10.3 Å². The van der Waals surface area contributed by atoms with Crippen molar-refractivity contribution in [1.82, 2.24) is 20.4 Å². The van der Waals surface area contributed by atoms with Gasteiger partial charge in [-0.1, -0.05) is 35.9 Å². The Bertz CT molecular complexity index is 1460. The van der Waals surface area contributed by atoms with Crippen LogP contribution in [0.2, 0.25) is 0 Å². The standard InChI is InChI=1S/C33H39ClFN5O2/c34-29-15-28(32(36)31(35)30(29)27-14-25(41)13-20-5-1-2-6-26(20)27)33(39-16-21-7-8-22(17-39)38-21)37-11-3-4-12-40-23-9-10-24(40)19-42-18-23/h1-2,5-6,13-15,21-24,36-38,41H,3-4,7-12,16-19H2/b33-28+,36-32?. The van der Waals surface area contributed by atoms with Crippen molar-refractivity contribution in [3.05, 3.63) is 70.3 Å². The zero-order valence-electron chi connectivity index (χ0n) is 23.8. The monoisotopic (exact) mass is 591 g/mol. The van der Waals surface area contributed by atoms with Gasteiger partial charge in [0, 0.05) is 54.9 Å². The maximum absolute atomic E-state index is 16.2. The van der Waals surface area contributed by atoms with E-state index in [1.165, 1.54) is 18.9 Å². The third-order valence-corrected chi connectivity index (χ3v) is 9.95. The van der Waals surface area contributed by atoms with Gasteiger partial charge in [0.15, 0.2) is 5.83 Å². The summed E-state index contributed by atoms with van der Waals surface area (Å²) in [4.78, 5) is 4.91. The number of ether oxygens (including phenoxy) is 1. The van der Waals surface area contributed by atoms with E-state index in [9.17, 15) is 5.11 Å². The Balaban J connectivity index is 1.15. The second-order valence-electron chi connectivity index (χ2n) is 12.4. The molecule has 4 atom stereocenters. The molecule has 222 valence electrons. The fourth-order valence-electron chi connectivity index (χ4n) is 7.62. The third-order valence-electron chi connectivity index (χ3n) is 9.65. The molecule has 4 unspecified atom stereocenters. The molecule has 0 radical (unpaired) electrons. The first kappa shape index (κ1) is 27.9. The first-order valence-electron chi connectivity index (χ1n) is 15.4. The van der Waals surface area contributed by atoms with Gasteiger partial charge in [0.2, 0.25) is 0 Å². The number of phenols is 1. The number of fused-ring (bicyclic) bond motifs is 5. The van der Waals surface area contributed by atoms with Gasteiger partial charge in [0.1, 0.15) is 17.3 Å². The van der Waals surface area contributed by atoms with E-state index in [4.69, 9.17) is 21.7 Å². The number of unbranched alkanes of at least 4 members (excludes halogenated alkanes) is 1. The number of hydrogen-bond donors (Lipinski definition) is 4. The fourth-order valence-corrected chi connectivity index (χ4v) is 7.91. The molecular formula is C33H39ClFN5O2. The number of morpholine rings is 1. The third kappa shape index (κ3) is 5.23. The van der Waals surface area contributed by atoms with Crippen molar-refractivity contribution in [3.63, 3.8) is 0 Å². The van der Waals surface area contributed by atoms with Gasteiger partial charge in [0.25, 0.3) is 0 Å². The van der Waals surface area contributed by atoms with Gasteiger partial charge in [-0.2, -0.15) is 0 Å². The number of allylic oxidation sites excluding steroid dienone is 5. The van der Waals surface area contributed by atoms with Crippen LogP contribution in [-0.4, -0.2) is 84.2 Å². The van der Waals surface area contributed by atoms with Crippen LogP contribution in [0.4, 0.5) is 4.39 Å². The minimum absolute atomic E-state index is 0.0325. The topological polar surface area (TPSA) is 83.8 Å². The van der Waals surface area contributed by atoms with E-state index in [0.29, 0.717) is 35.3 Å². The quantitative estimate of drug-likeness (QED) is 0.313. The predicted molar refractivity (Wildman–Crippen MR) is 165 cm³/mol. The van der Waals surface area contributed by atoms with Crippen LogP contribution in [0.15, 0.2) is 64.7 Å². The molecule has 2 aromatic rings. The minimum Gasteiger partial charge on any atom is -0.508 e. The van der Waals surface area contributed by atoms with E-state index >= 15 is 4.39 Å². The molecule has 0 amide bonds. The maximum atomic E-state index is 16.2. The van der Waals surface area contributed by atoms with Gasteiger partial charge in [-0.05, 0) is 79.6 Å². The van der Waals surface area contributed by atoms with E-state index in [0.717, 1.165) is 81.7 Å². The van der Waals surface area contributed by atoms with Crippen LogP contribution < -0.4 is 10.6 Å². The summed E-state index contributed by atoms with van der Waals surface area (Å²) >= 11 is 6.86. The number of nitrogens with one attached hydrogen (secondary N) is 3. The lowest BCUT2D eigenvalue weighted by Crippen LogP contribution is -2.53. The molecule has 7 rings (SSSR count). The SMILES string of the molecule is N=C1C(F)=C(c2cc(O)cc3ccccc23)C(Cl)=C/C1=C(/NCCCCN1C2CCC1COC2)N1CC2CCC(C1)N2. The van der Waals surface area contributed by atoms with Crippen molar-refractivity contribution >= 4 is 33.7 Å². The zero-order valence-corrected chi connectivity index (χ0v) is 24.6. The van der Waals surface area contributed by atoms with Gasteiger partial charge < -0.3 is 25.4 Å². The Kier molecular flexibility index (Phi) is 7.73. The van der Waals surface area contributed by atoms with Crippen LogP contribution in [0.3, 0.4) is 0 Å². The van der Waals surface area contributed by atoms with Gasteiger partial charge in [0.05, 0.1) is 18.2 Å². The Hall–Kier alpha value is -2.91. The molecule has 4 aliphatic heterocycles. The second kappa shape index (κ2) is 11.6. The van der Waals surface area contributed by atoms with E-state index in [-0.39, 0.29) is 22.1 Å². The number of hydrogen-bond acceptors (Lipinski definition) is 7. The second-order valence-corrected chi connectivity index (χ2v) is 12.8. The molecule has 0 spiro atoms. The molecule has 4 fully saturated rings. The summed E-state index contributed by atoms with van der Waals surface area (Å²) in [5.41, 5.74) is 0.940. The molecule has 7 nitrogen and oxygen atoms in total. The Morgan fingerprint density at radius 1 is 1.07 bits per heavy atom. The van der Waals surface area contributed by atoms with Crippen molar-refractivity contribution in [1.29, 1.82) is 5.41 Å². The van der Waals surface area contributed by atoms with Crippen molar-refractivity contribution in [2.24, 2.45) is 0 Å². The van der Waals surface area contributed by atoms with Crippen LogP contribution in [0.25, 0.3) is 16.3 Å². The van der Waals surface area contributed by atoms with Crippen LogP contribution in [0.5, 0.6) is 5.75 Å². The molecule has 0 aromatic heterocycles. The number of piperazine rings is 1. The van der Waals surface area contributed by atoms with Gasteiger partial charge >= 0.3 is 0 Å². The summed E-state index contributed by atoms with van der Waals surface area (Å²) in [6.45, 7) is 5.15. The van der Waals surface area contributed by atoms with Crippen LogP contribution in [0.1, 0.15) is 44.1 Å². The minimum atomic E-state index is -0.673. The summed E-state index contributed by atoms with van der Waals surface area (Å²) in [7, 11) is 0. The molecular weight excluding hydrogens is 553 g/mol. The summed E-state index contributed by atoms with van der Waals surface area (Å²) in [5.74, 6) is 0.150. The lowest BCUT2D eigenvalue weighted by atomic mass is 9.90.